The molecule has 3 N–H and O–H groups in total. The summed E-state index contributed by atoms with van der Waals surface area (Å²) in [5.41, 5.74) is 6.85. The number of benzene rings is 2. The monoisotopic (exact) mass is 384 g/mol. The fourth-order valence-electron chi connectivity index (χ4n) is 2.37. The summed E-state index contributed by atoms with van der Waals surface area (Å²) in [6.07, 6.45) is 0. The van der Waals surface area contributed by atoms with Crippen molar-refractivity contribution in [1.29, 1.82) is 0 Å². The quantitative estimate of drug-likeness (QED) is 0.714. The van der Waals surface area contributed by atoms with Crippen molar-refractivity contribution in [3.8, 4) is 5.75 Å². The van der Waals surface area contributed by atoms with Gasteiger partial charge in [0.2, 0.25) is 0 Å². The van der Waals surface area contributed by atoms with Crippen molar-refractivity contribution in [3.63, 3.8) is 0 Å². The summed E-state index contributed by atoms with van der Waals surface area (Å²) in [7, 11) is 0. The maximum atomic E-state index is 11.9. The third kappa shape index (κ3) is 6.12. The third-order valence-electron chi connectivity index (χ3n) is 3.91. The van der Waals surface area contributed by atoms with Crippen LogP contribution in [0.15, 0.2) is 48.5 Å². The number of primary amides is 1. The Morgan fingerprint density at radius 1 is 0.964 bits per heavy atom. The van der Waals surface area contributed by atoms with E-state index in [0.29, 0.717) is 5.75 Å². The highest BCUT2D eigenvalue weighted by molar-refractivity contribution is 6.03. The fraction of sp³-hybridized carbons (Fsp3) is 0.286. The zero-order chi connectivity index (χ0) is 20.7. The first-order valence-corrected chi connectivity index (χ1v) is 8.74. The molecule has 2 rings (SSSR count). The van der Waals surface area contributed by atoms with Crippen LogP contribution in [-0.2, 0) is 19.7 Å². The van der Waals surface area contributed by atoms with Crippen LogP contribution in [0.3, 0.4) is 0 Å². The predicted octanol–water partition coefficient (Wildman–Crippen LogP) is 2.64. The third-order valence-corrected chi connectivity index (χ3v) is 3.91. The summed E-state index contributed by atoms with van der Waals surface area (Å²) in [5, 5.41) is 2.48. The predicted molar refractivity (Wildman–Crippen MR) is 105 cm³/mol. The van der Waals surface area contributed by atoms with Gasteiger partial charge < -0.3 is 20.5 Å². The van der Waals surface area contributed by atoms with Crippen molar-refractivity contribution in [2.45, 2.75) is 26.2 Å². The molecule has 0 spiro atoms. The van der Waals surface area contributed by atoms with Crippen molar-refractivity contribution < 1.29 is 23.9 Å². The SMILES string of the molecule is CC(C)(C)c1ccc(OCC(=O)OCC(=O)Nc2ccccc2C(N)=O)cc1. The van der Waals surface area contributed by atoms with Crippen LogP contribution in [0.4, 0.5) is 5.69 Å². The van der Waals surface area contributed by atoms with Gasteiger partial charge in [-0.3, -0.25) is 9.59 Å². The van der Waals surface area contributed by atoms with E-state index in [1.165, 1.54) is 12.1 Å². The molecule has 0 radical (unpaired) electrons. The number of esters is 1. The largest absolute Gasteiger partial charge is 0.482 e. The average Bonchev–Trinajstić information content (AvgIpc) is 2.64. The van der Waals surface area contributed by atoms with E-state index in [9.17, 15) is 14.4 Å². The Kier molecular flexibility index (Phi) is 6.76. The van der Waals surface area contributed by atoms with Crippen LogP contribution in [0.1, 0.15) is 36.7 Å². The van der Waals surface area contributed by atoms with Gasteiger partial charge in [-0.25, -0.2) is 4.79 Å². The van der Waals surface area contributed by atoms with Crippen LogP contribution in [0.5, 0.6) is 5.75 Å². The van der Waals surface area contributed by atoms with Gasteiger partial charge in [0, 0.05) is 0 Å². The van der Waals surface area contributed by atoms with Crippen LogP contribution in [0.2, 0.25) is 0 Å². The Morgan fingerprint density at radius 2 is 1.61 bits per heavy atom. The molecule has 0 aliphatic heterocycles. The van der Waals surface area contributed by atoms with E-state index in [1.54, 1.807) is 24.3 Å². The maximum Gasteiger partial charge on any atom is 0.344 e. The molecule has 0 aliphatic rings. The summed E-state index contributed by atoms with van der Waals surface area (Å²) < 4.78 is 10.3. The molecule has 0 atom stereocenters. The van der Waals surface area contributed by atoms with Gasteiger partial charge in [-0.05, 0) is 35.2 Å². The normalized spacial score (nSPS) is 10.8. The number of rotatable bonds is 7. The van der Waals surface area contributed by atoms with Gasteiger partial charge in [0.25, 0.3) is 11.8 Å². The van der Waals surface area contributed by atoms with Crippen molar-refractivity contribution >= 4 is 23.5 Å². The first-order chi connectivity index (χ1) is 13.2. The molecular weight excluding hydrogens is 360 g/mol. The number of ether oxygens (including phenoxy) is 2. The van der Waals surface area contributed by atoms with Gasteiger partial charge in [0.1, 0.15) is 5.75 Å². The number of carbonyl (C=O) groups excluding carboxylic acids is 3. The zero-order valence-electron chi connectivity index (χ0n) is 16.2. The van der Waals surface area contributed by atoms with Crippen LogP contribution < -0.4 is 15.8 Å². The van der Waals surface area contributed by atoms with Gasteiger partial charge in [0.05, 0.1) is 11.3 Å². The number of para-hydroxylation sites is 1. The molecule has 0 bridgehead atoms. The Morgan fingerprint density at radius 3 is 2.21 bits per heavy atom. The molecule has 7 heteroatoms. The van der Waals surface area contributed by atoms with Gasteiger partial charge >= 0.3 is 5.97 Å². The fourth-order valence-corrected chi connectivity index (χ4v) is 2.37. The second-order valence-electron chi connectivity index (χ2n) is 7.18. The van der Waals surface area contributed by atoms with Crippen LogP contribution in [-0.4, -0.2) is 31.0 Å². The lowest BCUT2D eigenvalue weighted by Gasteiger charge is -2.19. The highest BCUT2D eigenvalue weighted by Gasteiger charge is 2.14. The highest BCUT2D eigenvalue weighted by Crippen LogP contribution is 2.24. The van der Waals surface area contributed by atoms with Crippen molar-refractivity contribution in [2.24, 2.45) is 5.73 Å². The smallest absolute Gasteiger partial charge is 0.344 e. The molecule has 7 nitrogen and oxygen atoms in total. The minimum Gasteiger partial charge on any atom is -0.482 e. The van der Waals surface area contributed by atoms with Crippen LogP contribution in [0.25, 0.3) is 0 Å². The van der Waals surface area contributed by atoms with Gasteiger partial charge in [0.15, 0.2) is 13.2 Å². The van der Waals surface area contributed by atoms with E-state index in [0.717, 1.165) is 5.56 Å². The number of nitrogens with one attached hydrogen (secondary N) is 1. The standard InChI is InChI=1S/C21H24N2O5/c1-21(2,3)14-8-10-15(11-9-14)27-13-19(25)28-12-18(24)23-17-7-5-4-6-16(17)20(22)26/h4-11H,12-13H2,1-3H3,(H2,22,26)(H,23,24). The van der Waals surface area contributed by atoms with Gasteiger partial charge in [-0.15, -0.1) is 0 Å². The lowest BCUT2D eigenvalue weighted by atomic mass is 9.87. The van der Waals surface area contributed by atoms with Crippen molar-refractivity contribution in [3.05, 3.63) is 59.7 Å². The number of amides is 2. The molecule has 0 unspecified atom stereocenters. The summed E-state index contributed by atoms with van der Waals surface area (Å²) in [6, 6.07) is 13.7. The first kappa shape index (κ1) is 21.0. The van der Waals surface area contributed by atoms with Gasteiger partial charge in [-0.1, -0.05) is 45.0 Å². The van der Waals surface area contributed by atoms with E-state index in [-0.39, 0.29) is 23.3 Å². The second-order valence-corrected chi connectivity index (χ2v) is 7.18. The summed E-state index contributed by atoms with van der Waals surface area (Å²) >= 11 is 0. The molecule has 2 amide bonds. The van der Waals surface area contributed by atoms with Crippen molar-refractivity contribution in [1.82, 2.24) is 0 Å². The van der Waals surface area contributed by atoms with E-state index < -0.39 is 24.4 Å². The number of hydrogen-bond acceptors (Lipinski definition) is 5. The summed E-state index contributed by atoms with van der Waals surface area (Å²) in [4.78, 5) is 35.0. The zero-order valence-corrected chi connectivity index (χ0v) is 16.2. The number of carbonyl (C=O) groups is 3. The Hall–Kier alpha value is -3.35. The average molecular weight is 384 g/mol. The highest BCUT2D eigenvalue weighted by atomic mass is 16.6. The number of hydrogen-bond donors (Lipinski definition) is 2. The maximum absolute atomic E-state index is 11.9. The van der Waals surface area contributed by atoms with Crippen LogP contribution in [0, 0.1) is 0 Å². The lowest BCUT2D eigenvalue weighted by Crippen LogP contribution is -2.25. The van der Waals surface area contributed by atoms with Crippen molar-refractivity contribution in [2.75, 3.05) is 18.5 Å². The lowest BCUT2D eigenvalue weighted by molar-refractivity contribution is -0.149. The topological polar surface area (TPSA) is 108 Å². The summed E-state index contributed by atoms with van der Waals surface area (Å²) in [6.45, 7) is 5.49. The van der Waals surface area contributed by atoms with E-state index in [1.807, 2.05) is 12.1 Å². The Balaban J connectivity index is 1.79. The second kappa shape index (κ2) is 9.03. The van der Waals surface area contributed by atoms with Gasteiger partial charge in [-0.2, -0.15) is 0 Å². The summed E-state index contributed by atoms with van der Waals surface area (Å²) in [5.74, 6) is -1.40. The van der Waals surface area contributed by atoms with Crippen LogP contribution >= 0.6 is 0 Å². The molecule has 0 fully saturated rings. The Labute approximate surface area is 163 Å². The molecule has 2 aromatic rings. The molecule has 148 valence electrons. The number of anilines is 1. The van der Waals surface area contributed by atoms with E-state index >= 15 is 0 Å². The minimum atomic E-state index is -0.682. The first-order valence-electron chi connectivity index (χ1n) is 8.74. The molecule has 0 saturated carbocycles. The molecule has 0 aromatic heterocycles. The molecule has 0 saturated heterocycles. The van der Waals surface area contributed by atoms with E-state index in [4.69, 9.17) is 15.2 Å². The Bertz CT molecular complexity index is 854. The number of nitrogens with two attached hydrogens (primary N) is 1. The molecular formula is C21H24N2O5. The van der Waals surface area contributed by atoms with E-state index in [2.05, 4.69) is 26.1 Å². The molecule has 0 heterocycles. The minimum absolute atomic E-state index is 0.0257. The molecule has 2 aromatic carbocycles. The molecule has 28 heavy (non-hydrogen) atoms. The molecule has 0 aliphatic carbocycles.